The fourth-order valence-electron chi connectivity index (χ4n) is 1.74. The van der Waals surface area contributed by atoms with E-state index in [9.17, 15) is 18.3 Å². The van der Waals surface area contributed by atoms with Crippen molar-refractivity contribution in [3.63, 3.8) is 0 Å². The molecule has 0 aliphatic carbocycles. The van der Waals surface area contributed by atoms with Crippen molar-refractivity contribution in [2.24, 2.45) is 0 Å². The van der Waals surface area contributed by atoms with E-state index in [0.29, 0.717) is 12.0 Å². The standard InChI is InChI=1S/C11H13F3O/c1-3-7-8(4-2)10(15)6-5-9(7)11(12,13)14/h5-6,15H,3-4H2,1-2H3. The van der Waals surface area contributed by atoms with E-state index in [1.807, 2.05) is 0 Å². The fourth-order valence-corrected chi connectivity index (χ4v) is 1.74. The summed E-state index contributed by atoms with van der Waals surface area (Å²) < 4.78 is 37.8. The van der Waals surface area contributed by atoms with Crippen molar-refractivity contribution in [1.82, 2.24) is 0 Å². The smallest absolute Gasteiger partial charge is 0.416 e. The van der Waals surface area contributed by atoms with Gasteiger partial charge in [-0.05, 0) is 36.1 Å². The Balaban J connectivity index is 3.42. The Kier molecular flexibility index (Phi) is 3.27. The molecule has 1 N–H and O–H groups in total. The second kappa shape index (κ2) is 4.13. The molecule has 0 spiro atoms. The highest BCUT2D eigenvalue weighted by Gasteiger charge is 2.34. The van der Waals surface area contributed by atoms with Crippen LogP contribution in [0, 0.1) is 0 Å². The lowest BCUT2D eigenvalue weighted by Crippen LogP contribution is -2.10. The second-order valence-corrected chi connectivity index (χ2v) is 3.29. The molecular weight excluding hydrogens is 205 g/mol. The van der Waals surface area contributed by atoms with E-state index in [2.05, 4.69) is 0 Å². The Morgan fingerprint density at radius 3 is 2.00 bits per heavy atom. The second-order valence-electron chi connectivity index (χ2n) is 3.29. The monoisotopic (exact) mass is 218 g/mol. The molecule has 0 unspecified atom stereocenters. The van der Waals surface area contributed by atoms with Gasteiger partial charge < -0.3 is 5.11 Å². The number of halogens is 3. The molecule has 4 heteroatoms. The summed E-state index contributed by atoms with van der Waals surface area (Å²) in [5, 5.41) is 9.45. The molecule has 0 fully saturated rings. The van der Waals surface area contributed by atoms with E-state index in [1.165, 1.54) is 0 Å². The van der Waals surface area contributed by atoms with Crippen molar-refractivity contribution in [2.45, 2.75) is 32.9 Å². The minimum Gasteiger partial charge on any atom is -0.508 e. The fraction of sp³-hybridized carbons (Fsp3) is 0.455. The van der Waals surface area contributed by atoms with Crippen molar-refractivity contribution in [2.75, 3.05) is 0 Å². The van der Waals surface area contributed by atoms with Crippen LogP contribution in [-0.2, 0) is 19.0 Å². The van der Waals surface area contributed by atoms with Crippen LogP contribution in [0.5, 0.6) is 5.75 Å². The molecule has 0 bridgehead atoms. The summed E-state index contributed by atoms with van der Waals surface area (Å²) in [6.07, 6.45) is -3.67. The minimum absolute atomic E-state index is 0.0534. The van der Waals surface area contributed by atoms with Gasteiger partial charge in [-0.15, -0.1) is 0 Å². The summed E-state index contributed by atoms with van der Waals surface area (Å²) in [6.45, 7) is 3.39. The molecule has 0 aliphatic rings. The van der Waals surface area contributed by atoms with E-state index in [0.717, 1.165) is 12.1 Å². The molecule has 0 heterocycles. The molecule has 0 aromatic heterocycles. The van der Waals surface area contributed by atoms with Crippen molar-refractivity contribution in [3.05, 3.63) is 28.8 Å². The average Bonchev–Trinajstić information content (AvgIpc) is 2.15. The van der Waals surface area contributed by atoms with Crippen LogP contribution in [-0.4, -0.2) is 5.11 Å². The Bertz CT molecular complexity index is 356. The van der Waals surface area contributed by atoms with E-state index < -0.39 is 11.7 Å². The molecule has 84 valence electrons. The first-order chi connectivity index (χ1) is 6.91. The zero-order valence-corrected chi connectivity index (χ0v) is 8.65. The summed E-state index contributed by atoms with van der Waals surface area (Å²) >= 11 is 0. The molecule has 1 nitrogen and oxygen atoms in total. The van der Waals surface area contributed by atoms with E-state index >= 15 is 0 Å². The first-order valence-corrected chi connectivity index (χ1v) is 4.82. The van der Waals surface area contributed by atoms with Gasteiger partial charge in [-0.3, -0.25) is 0 Å². The largest absolute Gasteiger partial charge is 0.508 e. The number of phenols is 1. The number of hydrogen-bond donors (Lipinski definition) is 1. The molecule has 0 atom stereocenters. The molecule has 0 radical (unpaired) electrons. The lowest BCUT2D eigenvalue weighted by atomic mass is 9.96. The van der Waals surface area contributed by atoms with Crippen LogP contribution in [0.1, 0.15) is 30.5 Å². The Hall–Kier alpha value is -1.19. The van der Waals surface area contributed by atoms with E-state index in [4.69, 9.17) is 0 Å². The Morgan fingerprint density at radius 2 is 1.60 bits per heavy atom. The highest BCUT2D eigenvalue weighted by atomic mass is 19.4. The maximum Gasteiger partial charge on any atom is 0.416 e. The summed E-state index contributed by atoms with van der Waals surface area (Å²) in [5.74, 6) is -0.0534. The van der Waals surface area contributed by atoms with Crippen LogP contribution in [0.25, 0.3) is 0 Å². The van der Waals surface area contributed by atoms with E-state index in [1.54, 1.807) is 13.8 Å². The predicted molar refractivity (Wildman–Crippen MR) is 51.9 cm³/mol. The molecule has 0 aliphatic heterocycles. The van der Waals surface area contributed by atoms with Gasteiger partial charge in [0.2, 0.25) is 0 Å². The lowest BCUT2D eigenvalue weighted by molar-refractivity contribution is -0.138. The molecule has 1 aromatic carbocycles. The first kappa shape index (κ1) is 11.9. The number of benzene rings is 1. The number of aromatic hydroxyl groups is 1. The zero-order chi connectivity index (χ0) is 11.6. The van der Waals surface area contributed by atoms with Gasteiger partial charge in [0.25, 0.3) is 0 Å². The van der Waals surface area contributed by atoms with Crippen LogP contribution >= 0.6 is 0 Å². The van der Waals surface area contributed by atoms with Crippen molar-refractivity contribution in [3.8, 4) is 5.75 Å². The number of alkyl halides is 3. The predicted octanol–water partition coefficient (Wildman–Crippen LogP) is 3.54. The summed E-state index contributed by atoms with van der Waals surface area (Å²) in [5.41, 5.74) is -0.0445. The molecule has 0 saturated heterocycles. The van der Waals surface area contributed by atoms with Gasteiger partial charge in [0.05, 0.1) is 5.56 Å². The highest BCUT2D eigenvalue weighted by Crippen LogP contribution is 2.36. The maximum atomic E-state index is 12.6. The van der Waals surface area contributed by atoms with Gasteiger partial charge in [-0.2, -0.15) is 13.2 Å². The Labute approximate surface area is 86.5 Å². The van der Waals surface area contributed by atoms with Gasteiger partial charge in [0.1, 0.15) is 5.75 Å². The van der Waals surface area contributed by atoms with Crippen LogP contribution in [0.3, 0.4) is 0 Å². The van der Waals surface area contributed by atoms with Crippen molar-refractivity contribution in [1.29, 1.82) is 0 Å². The first-order valence-electron chi connectivity index (χ1n) is 4.82. The number of hydrogen-bond acceptors (Lipinski definition) is 1. The van der Waals surface area contributed by atoms with Crippen LogP contribution in [0.15, 0.2) is 12.1 Å². The zero-order valence-electron chi connectivity index (χ0n) is 8.65. The quantitative estimate of drug-likeness (QED) is 0.805. The van der Waals surface area contributed by atoms with Crippen molar-refractivity contribution < 1.29 is 18.3 Å². The summed E-state index contributed by atoms with van der Waals surface area (Å²) in [6, 6.07) is 2.05. The van der Waals surface area contributed by atoms with Crippen molar-refractivity contribution >= 4 is 0 Å². The number of rotatable bonds is 2. The molecule has 1 rings (SSSR count). The van der Waals surface area contributed by atoms with Crippen LogP contribution in [0.4, 0.5) is 13.2 Å². The van der Waals surface area contributed by atoms with Gasteiger partial charge in [0, 0.05) is 0 Å². The van der Waals surface area contributed by atoms with Gasteiger partial charge in [-0.1, -0.05) is 13.8 Å². The third kappa shape index (κ3) is 2.25. The van der Waals surface area contributed by atoms with Crippen LogP contribution in [0.2, 0.25) is 0 Å². The maximum absolute atomic E-state index is 12.6. The Morgan fingerprint density at radius 1 is 1.07 bits per heavy atom. The molecule has 0 saturated carbocycles. The average molecular weight is 218 g/mol. The van der Waals surface area contributed by atoms with E-state index in [-0.39, 0.29) is 17.7 Å². The minimum atomic E-state index is -4.34. The topological polar surface area (TPSA) is 20.2 Å². The SMILES string of the molecule is CCc1c(O)ccc(C(F)(F)F)c1CC. The summed E-state index contributed by atoms with van der Waals surface area (Å²) in [4.78, 5) is 0. The van der Waals surface area contributed by atoms with Gasteiger partial charge in [0.15, 0.2) is 0 Å². The lowest BCUT2D eigenvalue weighted by Gasteiger charge is -2.16. The third-order valence-corrected chi connectivity index (χ3v) is 2.42. The molecule has 1 aromatic rings. The molecular formula is C11H13F3O. The number of phenolic OH excluding ortho intramolecular Hbond substituents is 1. The molecule has 15 heavy (non-hydrogen) atoms. The van der Waals surface area contributed by atoms with Gasteiger partial charge >= 0.3 is 6.18 Å². The normalized spacial score (nSPS) is 11.8. The van der Waals surface area contributed by atoms with Gasteiger partial charge in [-0.25, -0.2) is 0 Å². The van der Waals surface area contributed by atoms with Crippen LogP contribution < -0.4 is 0 Å². The molecule has 0 amide bonds. The summed E-state index contributed by atoms with van der Waals surface area (Å²) in [7, 11) is 0. The highest BCUT2D eigenvalue weighted by molar-refractivity contribution is 5.45. The third-order valence-electron chi connectivity index (χ3n) is 2.42.